The van der Waals surface area contributed by atoms with E-state index in [-0.39, 0.29) is 22.2 Å². The van der Waals surface area contributed by atoms with E-state index >= 15 is 0 Å². The number of carbonyl (C=O) groups excluding carboxylic acids is 1. The van der Waals surface area contributed by atoms with Gasteiger partial charge in [0, 0.05) is 18.7 Å². The van der Waals surface area contributed by atoms with Crippen LogP contribution in [0.5, 0.6) is 0 Å². The number of nitro groups is 1. The van der Waals surface area contributed by atoms with Gasteiger partial charge in [0.1, 0.15) is 0 Å². The minimum Gasteiger partial charge on any atom is -0.352 e. The third kappa shape index (κ3) is 4.41. The highest BCUT2D eigenvalue weighted by Gasteiger charge is 2.15. The Bertz CT molecular complexity index is 530. The first-order chi connectivity index (χ1) is 10.1. The summed E-state index contributed by atoms with van der Waals surface area (Å²) in [6.45, 7) is 3.83. The summed E-state index contributed by atoms with van der Waals surface area (Å²) < 4.78 is 0. The number of carbonyl (C=O) groups is 1. The van der Waals surface area contributed by atoms with Crippen LogP contribution in [0.4, 0.5) is 5.69 Å². The first-order valence-electron chi connectivity index (χ1n) is 7.02. The largest absolute Gasteiger partial charge is 0.352 e. The molecule has 1 saturated heterocycles. The number of benzene rings is 1. The standard InChI is InChI=1S/C14H18ClN3O3/c15-13-10-11(18(20)21)4-5-12(13)14(19)16-6-3-9-17-7-1-2-8-17/h4-5,10H,1-3,6-9H2,(H,16,19). The van der Waals surface area contributed by atoms with Gasteiger partial charge in [0.25, 0.3) is 11.6 Å². The van der Waals surface area contributed by atoms with E-state index in [1.807, 2.05) is 0 Å². The van der Waals surface area contributed by atoms with Crippen molar-refractivity contribution in [2.75, 3.05) is 26.2 Å². The molecule has 1 aliphatic heterocycles. The fourth-order valence-corrected chi connectivity index (χ4v) is 2.67. The molecule has 6 nitrogen and oxygen atoms in total. The Balaban J connectivity index is 1.81. The van der Waals surface area contributed by atoms with Gasteiger partial charge in [-0.15, -0.1) is 0 Å². The molecule has 7 heteroatoms. The number of nitrogens with zero attached hydrogens (tertiary/aromatic N) is 2. The summed E-state index contributed by atoms with van der Waals surface area (Å²) in [6.07, 6.45) is 3.39. The SMILES string of the molecule is O=C(NCCCN1CCCC1)c1ccc([N+](=O)[O-])cc1Cl. The van der Waals surface area contributed by atoms with Crippen LogP contribution < -0.4 is 5.32 Å². The van der Waals surface area contributed by atoms with Gasteiger partial charge in [-0.05, 0) is 45.0 Å². The molecule has 1 N–H and O–H groups in total. The van der Waals surface area contributed by atoms with Gasteiger partial charge in [0.05, 0.1) is 15.5 Å². The second-order valence-electron chi connectivity index (χ2n) is 5.08. The number of hydrogen-bond donors (Lipinski definition) is 1. The molecule has 0 aromatic heterocycles. The van der Waals surface area contributed by atoms with E-state index in [4.69, 9.17) is 11.6 Å². The van der Waals surface area contributed by atoms with Gasteiger partial charge in [-0.3, -0.25) is 14.9 Å². The molecule has 0 bridgehead atoms. The van der Waals surface area contributed by atoms with E-state index in [0.29, 0.717) is 6.54 Å². The fraction of sp³-hybridized carbons (Fsp3) is 0.500. The number of nitro benzene ring substituents is 1. The first kappa shape index (κ1) is 15.7. The van der Waals surface area contributed by atoms with E-state index in [2.05, 4.69) is 10.2 Å². The van der Waals surface area contributed by atoms with Crippen LogP contribution in [0.15, 0.2) is 18.2 Å². The van der Waals surface area contributed by atoms with E-state index in [1.165, 1.54) is 31.0 Å². The maximum Gasteiger partial charge on any atom is 0.270 e. The molecule has 0 atom stereocenters. The minimum atomic E-state index is -0.538. The maximum atomic E-state index is 12.0. The van der Waals surface area contributed by atoms with E-state index < -0.39 is 4.92 Å². The second-order valence-corrected chi connectivity index (χ2v) is 5.49. The van der Waals surface area contributed by atoms with Crippen LogP contribution in [-0.4, -0.2) is 41.9 Å². The zero-order valence-electron chi connectivity index (χ0n) is 11.7. The number of likely N-dealkylation sites (tertiary alicyclic amines) is 1. The van der Waals surface area contributed by atoms with Gasteiger partial charge in [-0.25, -0.2) is 0 Å². The average molecular weight is 312 g/mol. The molecular weight excluding hydrogens is 294 g/mol. The van der Waals surface area contributed by atoms with Crippen molar-refractivity contribution in [2.45, 2.75) is 19.3 Å². The topological polar surface area (TPSA) is 75.5 Å². The normalized spacial score (nSPS) is 15.1. The fourth-order valence-electron chi connectivity index (χ4n) is 2.41. The molecule has 0 aliphatic carbocycles. The summed E-state index contributed by atoms with van der Waals surface area (Å²) in [7, 11) is 0. The Morgan fingerprint density at radius 1 is 1.38 bits per heavy atom. The highest BCUT2D eigenvalue weighted by atomic mass is 35.5. The number of hydrogen-bond acceptors (Lipinski definition) is 4. The Hall–Kier alpha value is -1.66. The predicted octanol–water partition coefficient (Wildman–Crippen LogP) is 2.46. The van der Waals surface area contributed by atoms with Crippen LogP contribution in [0.3, 0.4) is 0 Å². The molecule has 1 aliphatic rings. The maximum absolute atomic E-state index is 12.0. The Kier molecular flexibility index (Phi) is 5.52. The molecule has 1 aromatic rings. The Labute approximate surface area is 128 Å². The summed E-state index contributed by atoms with van der Waals surface area (Å²) in [5.41, 5.74) is 0.147. The van der Waals surface area contributed by atoms with Crippen molar-refractivity contribution in [1.29, 1.82) is 0 Å². The van der Waals surface area contributed by atoms with Crippen molar-refractivity contribution in [3.05, 3.63) is 38.9 Å². The van der Waals surface area contributed by atoms with Crippen LogP contribution in [-0.2, 0) is 0 Å². The van der Waals surface area contributed by atoms with Crippen molar-refractivity contribution >= 4 is 23.2 Å². The lowest BCUT2D eigenvalue weighted by Gasteiger charge is -2.14. The predicted molar refractivity (Wildman–Crippen MR) is 80.7 cm³/mol. The van der Waals surface area contributed by atoms with E-state index in [0.717, 1.165) is 26.1 Å². The van der Waals surface area contributed by atoms with Crippen molar-refractivity contribution in [2.24, 2.45) is 0 Å². The summed E-state index contributed by atoms with van der Waals surface area (Å²) in [4.78, 5) is 24.4. The molecule has 1 amide bonds. The van der Waals surface area contributed by atoms with Crippen LogP contribution >= 0.6 is 11.6 Å². The van der Waals surface area contributed by atoms with Gasteiger partial charge in [-0.1, -0.05) is 11.6 Å². The molecule has 1 fully saturated rings. The van der Waals surface area contributed by atoms with Crippen molar-refractivity contribution in [3.63, 3.8) is 0 Å². The zero-order valence-corrected chi connectivity index (χ0v) is 12.4. The van der Waals surface area contributed by atoms with Gasteiger partial charge < -0.3 is 10.2 Å². The van der Waals surface area contributed by atoms with Crippen LogP contribution in [0.2, 0.25) is 5.02 Å². The molecule has 2 rings (SSSR count). The Morgan fingerprint density at radius 3 is 2.71 bits per heavy atom. The number of rotatable bonds is 6. The molecule has 0 unspecified atom stereocenters. The van der Waals surface area contributed by atoms with E-state index in [9.17, 15) is 14.9 Å². The van der Waals surface area contributed by atoms with Crippen LogP contribution in [0, 0.1) is 10.1 Å². The molecule has 1 heterocycles. The van der Waals surface area contributed by atoms with Crippen molar-refractivity contribution < 1.29 is 9.72 Å². The second kappa shape index (κ2) is 7.38. The third-order valence-corrected chi connectivity index (χ3v) is 3.86. The van der Waals surface area contributed by atoms with Gasteiger partial charge in [0.15, 0.2) is 0 Å². The average Bonchev–Trinajstić information content (AvgIpc) is 2.96. The molecule has 0 saturated carbocycles. The van der Waals surface area contributed by atoms with Crippen molar-refractivity contribution in [3.8, 4) is 0 Å². The zero-order chi connectivity index (χ0) is 15.2. The van der Waals surface area contributed by atoms with Crippen LogP contribution in [0.1, 0.15) is 29.6 Å². The highest BCUT2D eigenvalue weighted by molar-refractivity contribution is 6.34. The molecule has 0 radical (unpaired) electrons. The van der Waals surface area contributed by atoms with Gasteiger partial charge in [-0.2, -0.15) is 0 Å². The lowest BCUT2D eigenvalue weighted by molar-refractivity contribution is -0.384. The Morgan fingerprint density at radius 2 is 2.10 bits per heavy atom. The summed E-state index contributed by atoms with van der Waals surface area (Å²) in [5.74, 6) is -0.295. The lowest BCUT2D eigenvalue weighted by Crippen LogP contribution is -2.28. The minimum absolute atomic E-state index is 0.0984. The molecule has 114 valence electrons. The number of non-ortho nitro benzene ring substituents is 1. The number of halogens is 1. The third-order valence-electron chi connectivity index (χ3n) is 3.54. The molecule has 1 aromatic carbocycles. The monoisotopic (exact) mass is 311 g/mol. The number of amides is 1. The lowest BCUT2D eigenvalue weighted by atomic mass is 10.2. The van der Waals surface area contributed by atoms with Gasteiger partial charge >= 0.3 is 0 Å². The summed E-state index contributed by atoms with van der Waals surface area (Å²) in [6, 6.07) is 3.86. The summed E-state index contributed by atoms with van der Waals surface area (Å²) >= 11 is 5.91. The molecule has 21 heavy (non-hydrogen) atoms. The molecule has 0 spiro atoms. The van der Waals surface area contributed by atoms with Crippen molar-refractivity contribution in [1.82, 2.24) is 10.2 Å². The van der Waals surface area contributed by atoms with Crippen LogP contribution in [0.25, 0.3) is 0 Å². The number of nitrogens with one attached hydrogen (secondary N) is 1. The van der Waals surface area contributed by atoms with Gasteiger partial charge in [0.2, 0.25) is 0 Å². The summed E-state index contributed by atoms with van der Waals surface area (Å²) in [5, 5.41) is 13.5. The smallest absolute Gasteiger partial charge is 0.270 e. The first-order valence-corrected chi connectivity index (χ1v) is 7.40. The molecular formula is C14H18ClN3O3. The quantitative estimate of drug-likeness (QED) is 0.497. The van der Waals surface area contributed by atoms with E-state index in [1.54, 1.807) is 0 Å². The highest BCUT2D eigenvalue weighted by Crippen LogP contribution is 2.22.